The smallest absolute Gasteiger partial charge is 0.151 e. The summed E-state index contributed by atoms with van der Waals surface area (Å²) in [6.07, 6.45) is 2.44. The average Bonchev–Trinajstić information content (AvgIpc) is 2.38. The molecule has 0 saturated heterocycles. The zero-order valence-corrected chi connectivity index (χ0v) is 11.6. The van der Waals surface area contributed by atoms with Gasteiger partial charge in [-0.3, -0.25) is 4.79 Å². The van der Waals surface area contributed by atoms with Crippen LogP contribution < -0.4 is 4.90 Å². The van der Waals surface area contributed by atoms with Crippen LogP contribution in [0.4, 0.5) is 5.82 Å². The van der Waals surface area contributed by atoms with E-state index in [0.717, 1.165) is 24.2 Å². The largest absolute Gasteiger partial charge is 0.355 e. The summed E-state index contributed by atoms with van der Waals surface area (Å²) in [5.74, 6) is 0.909. The van der Waals surface area contributed by atoms with Crippen molar-refractivity contribution in [1.82, 2.24) is 4.98 Å². The second-order valence-corrected chi connectivity index (χ2v) is 4.87. The van der Waals surface area contributed by atoms with E-state index >= 15 is 0 Å². The van der Waals surface area contributed by atoms with Crippen LogP contribution in [-0.2, 0) is 6.54 Å². The number of hydrogen-bond acceptors (Lipinski definition) is 3. The Morgan fingerprint density at radius 3 is 2.68 bits per heavy atom. The summed E-state index contributed by atoms with van der Waals surface area (Å²) in [7, 11) is 2.01. The number of aromatic nitrogens is 1. The van der Waals surface area contributed by atoms with E-state index in [9.17, 15) is 4.79 Å². The molecule has 2 aromatic rings. The van der Waals surface area contributed by atoms with E-state index in [1.165, 1.54) is 11.1 Å². The molecule has 3 nitrogen and oxygen atoms in total. The molecule has 0 unspecified atom stereocenters. The summed E-state index contributed by atoms with van der Waals surface area (Å²) in [6.45, 7) is 4.86. The molecule has 19 heavy (non-hydrogen) atoms. The molecule has 0 saturated carbocycles. The molecule has 0 atom stereocenters. The third-order valence-electron chi connectivity index (χ3n) is 3.07. The first kappa shape index (κ1) is 13.3. The second kappa shape index (κ2) is 5.65. The van der Waals surface area contributed by atoms with Gasteiger partial charge < -0.3 is 4.90 Å². The first-order valence-corrected chi connectivity index (χ1v) is 6.28. The van der Waals surface area contributed by atoms with Gasteiger partial charge in [-0.05, 0) is 31.0 Å². The monoisotopic (exact) mass is 254 g/mol. The molecule has 3 heteroatoms. The quantitative estimate of drug-likeness (QED) is 0.786. The van der Waals surface area contributed by atoms with E-state index in [2.05, 4.69) is 41.1 Å². The van der Waals surface area contributed by atoms with Gasteiger partial charge in [-0.25, -0.2) is 4.98 Å². The fourth-order valence-electron chi connectivity index (χ4n) is 2.21. The standard InChI is InChI=1S/C16H18N2O/c1-12-5-4-6-14(7-12)10-18(3)16-13(2)8-15(11-19)9-17-16/h4-9,11H,10H2,1-3H3. The topological polar surface area (TPSA) is 33.2 Å². The number of nitrogens with zero attached hydrogens (tertiary/aromatic N) is 2. The third-order valence-corrected chi connectivity index (χ3v) is 3.07. The summed E-state index contributed by atoms with van der Waals surface area (Å²) in [4.78, 5) is 17.2. The van der Waals surface area contributed by atoms with Crippen molar-refractivity contribution in [1.29, 1.82) is 0 Å². The number of anilines is 1. The maximum atomic E-state index is 10.7. The Labute approximate surface area is 113 Å². The molecule has 1 aromatic heterocycles. The Hall–Kier alpha value is -2.16. The number of pyridine rings is 1. The molecule has 1 aromatic carbocycles. The van der Waals surface area contributed by atoms with Crippen LogP contribution in [0.3, 0.4) is 0 Å². The van der Waals surface area contributed by atoms with Crippen molar-refractivity contribution < 1.29 is 4.79 Å². The van der Waals surface area contributed by atoms with Gasteiger partial charge in [0.15, 0.2) is 6.29 Å². The molecular weight excluding hydrogens is 236 g/mol. The summed E-state index contributed by atoms with van der Waals surface area (Å²) < 4.78 is 0. The second-order valence-electron chi connectivity index (χ2n) is 4.87. The summed E-state index contributed by atoms with van der Waals surface area (Å²) in [6, 6.07) is 10.3. The van der Waals surface area contributed by atoms with Crippen LogP contribution in [0.2, 0.25) is 0 Å². The third kappa shape index (κ3) is 3.19. The number of carbonyl (C=O) groups excluding carboxylic acids is 1. The lowest BCUT2D eigenvalue weighted by Crippen LogP contribution is -2.19. The minimum atomic E-state index is 0.616. The lowest BCUT2D eigenvalue weighted by atomic mass is 10.1. The van der Waals surface area contributed by atoms with Gasteiger partial charge in [0, 0.05) is 25.4 Å². The number of aryl methyl sites for hydroxylation is 2. The Bertz CT molecular complexity index is 593. The Morgan fingerprint density at radius 1 is 1.26 bits per heavy atom. The molecule has 0 spiro atoms. The zero-order chi connectivity index (χ0) is 13.8. The van der Waals surface area contributed by atoms with Crippen molar-refractivity contribution >= 4 is 12.1 Å². The average molecular weight is 254 g/mol. The predicted molar refractivity (Wildman–Crippen MR) is 77.6 cm³/mol. The zero-order valence-electron chi connectivity index (χ0n) is 11.6. The van der Waals surface area contributed by atoms with Crippen LogP contribution in [-0.4, -0.2) is 18.3 Å². The molecular formula is C16H18N2O. The van der Waals surface area contributed by atoms with Crippen molar-refractivity contribution in [3.8, 4) is 0 Å². The summed E-state index contributed by atoms with van der Waals surface area (Å²) in [5.41, 5.74) is 4.14. The highest BCUT2D eigenvalue weighted by Gasteiger charge is 2.07. The molecule has 0 aliphatic carbocycles. The number of carbonyl (C=O) groups is 1. The van der Waals surface area contributed by atoms with Gasteiger partial charge in [0.25, 0.3) is 0 Å². The molecule has 0 fully saturated rings. The van der Waals surface area contributed by atoms with Crippen LogP contribution in [0.25, 0.3) is 0 Å². The van der Waals surface area contributed by atoms with Crippen molar-refractivity contribution in [3.63, 3.8) is 0 Å². The SMILES string of the molecule is Cc1cccc(CN(C)c2ncc(C=O)cc2C)c1. The van der Waals surface area contributed by atoms with Crippen molar-refractivity contribution in [2.24, 2.45) is 0 Å². The molecule has 0 aliphatic heterocycles. The summed E-state index contributed by atoms with van der Waals surface area (Å²) in [5, 5.41) is 0. The molecule has 1 heterocycles. The van der Waals surface area contributed by atoms with Gasteiger partial charge in [0.2, 0.25) is 0 Å². The van der Waals surface area contributed by atoms with Gasteiger partial charge in [-0.2, -0.15) is 0 Å². The van der Waals surface area contributed by atoms with Crippen LogP contribution in [0.1, 0.15) is 27.0 Å². The number of aldehydes is 1. The van der Waals surface area contributed by atoms with Crippen LogP contribution >= 0.6 is 0 Å². The summed E-state index contributed by atoms with van der Waals surface area (Å²) >= 11 is 0. The normalized spacial score (nSPS) is 10.3. The van der Waals surface area contributed by atoms with Gasteiger partial charge in [0.05, 0.1) is 0 Å². The first-order chi connectivity index (χ1) is 9.10. The maximum Gasteiger partial charge on any atom is 0.151 e. The van der Waals surface area contributed by atoms with E-state index < -0.39 is 0 Å². The van der Waals surface area contributed by atoms with Crippen molar-refractivity contribution in [3.05, 3.63) is 58.8 Å². The lowest BCUT2D eigenvalue weighted by molar-refractivity contribution is 0.112. The van der Waals surface area contributed by atoms with E-state index in [1.807, 2.05) is 20.0 Å². The van der Waals surface area contributed by atoms with E-state index in [-0.39, 0.29) is 0 Å². The van der Waals surface area contributed by atoms with Crippen LogP contribution in [0, 0.1) is 13.8 Å². The van der Waals surface area contributed by atoms with E-state index in [0.29, 0.717) is 5.56 Å². The van der Waals surface area contributed by atoms with Crippen LogP contribution in [0.15, 0.2) is 36.5 Å². The predicted octanol–water partition coefficient (Wildman–Crippen LogP) is 3.15. The van der Waals surface area contributed by atoms with Gasteiger partial charge in [-0.15, -0.1) is 0 Å². The molecule has 0 amide bonds. The highest BCUT2D eigenvalue weighted by atomic mass is 16.1. The molecule has 0 bridgehead atoms. The first-order valence-electron chi connectivity index (χ1n) is 6.28. The Balaban J connectivity index is 2.20. The molecule has 2 rings (SSSR count). The fraction of sp³-hybridized carbons (Fsp3) is 0.250. The van der Waals surface area contributed by atoms with Gasteiger partial charge in [0.1, 0.15) is 5.82 Å². The van der Waals surface area contributed by atoms with Gasteiger partial charge in [-0.1, -0.05) is 29.8 Å². The number of hydrogen-bond donors (Lipinski definition) is 0. The minimum absolute atomic E-state index is 0.616. The van der Waals surface area contributed by atoms with Crippen LogP contribution in [0.5, 0.6) is 0 Å². The maximum absolute atomic E-state index is 10.7. The highest BCUT2D eigenvalue weighted by Crippen LogP contribution is 2.18. The molecule has 0 aliphatic rings. The van der Waals surface area contributed by atoms with Crippen molar-refractivity contribution in [2.75, 3.05) is 11.9 Å². The molecule has 0 N–H and O–H groups in total. The highest BCUT2D eigenvalue weighted by molar-refractivity contribution is 5.75. The molecule has 0 radical (unpaired) electrons. The molecule has 98 valence electrons. The van der Waals surface area contributed by atoms with E-state index in [1.54, 1.807) is 6.20 Å². The Morgan fingerprint density at radius 2 is 2.05 bits per heavy atom. The van der Waals surface area contributed by atoms with Crippen molar-refractivity contribution in [2.45, 2.75) is 20.4 Å². The number of benzene rings is 1. The Kier molecular flexibility index (Phi) is 3.95. The van der Waals surface area contributed by atoms with Gasteiger partial charge >= 0.3 is 0 Å². The number of rotatable bonds is 4. The lowest BCUT2D eigenvalue weighted by Gasteiger charge is -2.20. The van der Waals surface area contributed by atoms with E-state index in [4.69, 9.17) is 0 Å². The minimum Gasteiger partial charge on any atom is -0.355 e. The fourth-order valence-corrected chi connectivity index (χ4v) is 2.21.